The molecule has 1 atom stereocenters. The lowest BCUT2D eigenvalue weighted by Gasteiger charge is -2.33. The Kier molecular flexibility index (Phi) is 3.23. The second kappa shape index (κ2) is 4.94. The SMILES string of the molecule is CC(C)c1nnc2n1[C@@H](C)CN(c1ncc(F)c(N)n1)C2. The average molecular weight is 291 g/mol. The first kappa shape index (κ1) is 13.7. The van der Waals surface area contributed by atoms with Crippen LogP contribution in [0, 0.1) is 5.82 Å². The molecule has 2 aromatic heterocycles. The summed E-state index contributed by atoms with van der Waals surface area (Å²) in [6.45, 7) is 7.53. The molecule has 21 heavy (non-hydrogen) atoms. The van der Waals surface area contributed by atoms with Crippen molar-refractivity contribution < 1.29 is 4.39 Å². The van der Waals surface area contributed by atoms with E-state index in [9.17, 15) is 4.39 Å². The summed E-state index contributed by atoms with van der Waals surface area (Å²) in [7, 11) is 0. The van der Waals surface area contributed by atoms with Gasteiger partial charge in [0.15, 0.2) is 17.5 Å². The molecule has 0 radical (unpaired) electrons. The van der Waals surface area contributed by atoms with E-state index in [1.54, 1.807) is 0 Å². The number of anilines is 2. The summed E-state index contributed by atoms with van der Waals surface area (Å²) in [4.78, 5) is 9.96. The summed E-state index contributed by atoms with van der Waals surface area (Å²) >= 11 is 0. The van der Waals surface area contributed by atoms with Gasteiger partial charge in [0, 0.05) is 12.5 Å². The highest BCUT2D eigenvalue weighted by molar-refractivity contribution is 5.40. The van der Waals surface area contributed by atoms with Crippen molar-refractivity contribution in [3.8, 4) is 0 Å². The number of hydrogen-bond acceptors (Lipinski definition) is 6. The van der Waals surface area contributed by atoms with E-state index in [0.717, 1.165) is 17.8 Å². The van der Waals surface area contributed by atoms with Crippen LogP contribution in [0.4, 0.5) is 16.2 Å². The molecule has 0 saturated heterocycles. The van der Waals surface area contributed by atoms with Crippen molar-refractivity contribution in [3.05, 3.63) is 23.7 Å². The Balaban J connectivity index is 1.93. The predicted molar refractivity (Wildman–Crippen MR) is 76.3 cm³/mol. The summed E-state index contributed by atoms with van der Waals surface area (Å²) in [5.74, 6) is 1.84. The second-order valence-electron chi connectivity index (χ2n) is 5.63. The number of halogens is 1. The highest BCUT2D eigenvalue weighted by Gasteiger charge is 2.28. The van der Waals surface area contributed by atoms with Crippen LogP contribution in [0.15, 0.2) is 6.20 Å². The molecule has 1 aliphatic rings. The van der Waals surface area contributed by atoms with Gasteiger partial charge in [-0.15, -0.1) is 10.2 Å². The minimum Gasteiger partial charge on any atom is -0.381 e. The first-order valence-electron chi connectivity index (χ1n) is 6.94. The number of nitrogens with zero attached hydrogens (tertiary/aromatic N) is 6. The third-order valence-corrected chi connectivity index (χ3v) is 3.61. The first-order valence-corrected chi connectivity index (χ1v) is 6.94. The number of aromatic nitrogens is 5. The van der Waals surface area contributed by atoms with E-state index in [1.165, 1.54) is 0 Å². The molecular formula is C13H18FN7. The standard InChI is InChI=1S/C13H18FN7/c1-7(2)12-19-18-10-6-20(5-8(3)21(10)12)13-16-4-9(14)11(15)17-13/h4,7-8H,5-6H2,1-3H3,(H2,15,16,17)/t8-/m0/s1. The van der Waals surface area contributed by atoms with Gasteiger partial charge in [-0.3, -0.25) is 0 Å². The minimum atomic E-state index is -0.603. The Morgan fingerprint density at radius 3 is 2.81 bits per heavy atom. The molecule has 0 unspecified atom stereocenters. The van der Waals surface area contributed by atoms with Crippen LogP contribution in [0.25, 0.3) is 0 Å². The van der Waals surface area contributed by atoms with E-state index >= 15 is 0 Å². The van der Waals surface area contributed by atoms with Crippen LogP contribution >= 0.6 is 0 Å². The Bertz CT molecular complexity index is 667. The number of hydrogen-bond donors (Lipinski definition) is 1. The van der Waals surface area contributed by atoms with Crippen LogP contribution < -0.4 is 10.6 Å². The van der Waals surface area contributed by atoms with Crippen LogP contribution in [-0.4, -0.2) is 31.3 Å². The Morgan fingerprint density at radius 1 is 1.38 bits per heavy atom. The summed E-state index contributed by atoms with van der Waals surface area (Å²) < 4.78 is 15.3. The van der Waals surface area contributed by atoms with Gasteiger partial charge in [0.1, 0.15) is 5.82 Å². The quantitative estimate of drug-likeness (QED) is 0.902. The van der Waals surface area contributed by atoms with Crippen LogP contribution in [0.5, 0.6) is 0 Å². The highest BCUT2D eigenvalue weighted by Crippen LogP contribution is 2.27. The van der Waals surface area contributed by atoms with Gasteiger partial charge in [-0.2, -0.15) is 4.98 Å². The third kappa shape index (κ3) is 2.30. The van der Waals surface area contributed by atoms with E-state index in [4.69, 9.17) is 5.73 Å². The normalized spacial score (nSPS) is 18.1. The van der Waals surface area contributed by atoms with E-state index in [2.05, 4.69) is 45.5 Å². The molecule has 0 aromatic carbocycles. The van der Waals surface area contributed by atoms with Crippen molar-refractivity contribution in [1.29, 1.82) is 0 Å². The molecule has 0 saturated carbocycles. The lowest BCUT2D eigenvalue weighted by atomic mass is 10.1. The largest absolute Gasteiger partial charge is 0.381 e. The van der Waals surface area contributed by atoms with Crippen LogP contribution in [0.3, 0.4) is 0 Å². The van der Waals surface area contributed by atoms with Crippen molar-refractivity contribution >= 4 is 11.8 Å². The van der Waals surface area contributed by atoms with Gasteiger partial charge in [0.05, 0.1) is 18.8 Å². The van der Waals surface area contributed by atoms with Gasteiger partial charge < -0.3 is 15.2 Å². The van der Waals surface area contributed by atoms with Crippen molar-refractivity contribution in [1.82, 2.24) is 24.7 Å². The molecule has 3 rings (SSSR count). The Hall–Kier alpha value is -2.25. The smallest absolute Gasteiger partial charge is 0.227 e. The van der Waals surface area contributed by atoms with Gasteiger partial charge in [0.2, 0.25) is 5.95 Å². The molecule has 7 nitrogen and oxygen atoms in total. The van der Waals surface area contributed by atoms with Gasteiger partial charge in [0.25, 0.3) is 0 Å². The predicted octanol–water partition coefficient (Wildman–Crippen LogP) is 1.49. The van der Waals surface area contributed by atoms with E-state index in [0.29, 0.717) is 25.0 Å². The second-order valence-corrected chi connectivity index (χ2v) is 5.63. The summed E-state index contributed by atoms with van der Waals surface area (Å²) in [6.07, 6.45) is 1.10. The van der Waals surface area contributed by atoms with E-state index < -0.39 is 5.82 Å². The van der Waals surface area contributed by atoms with E-state index in [-0.39, 0.29) is 11.9 Å². The fourth-order valence-electron chi connectivity index (χ4n) is 2.63. The molecular weight excluding hydrogens is 273 g/mol. The lowest BCUT2D eigenvalue weighted by Crippen LogP contribution is -2.38. The molecule has 0 amide bonds. The molecule has 3 heterocycles. The van der Waals surface area contributed by atoms with Crippen LogP contribution in [0.2, 0.25) is 0 Å². The highest BCUT2D eigenvalue weighted by atomic mass is 19.1. The summed E-state index contributed by atoms with van der Waals surface area (Å²) in [5, 5.41) is 8.52. The Morgan fingerprint density at radius 2 is 2.14 bits per heavy atom. The molecule has 8 heteroatoms. The maximum atomic E-state index is 13.2. The fraction of sp³-hybridized carbons (Fsp3) is 0.538. The average Bonchev–Trinajstić information content (AvgIpc) is 2.86. The topological polar surface area (TPSA) is 85.8 Å². The number of rotatable bonds is 2. The molecule has 0 bridgehead atoms. The third-order valence-electron chi connectivity index (χ3n) is 3.61. The fourth-order valence-corrected chi connectivity index (χ4v) is 2.63. The zero-order valence-electron chi connectivity index (χ0n) is 12.3. The zero-order valence-corrected chi connectivity index (χ0v) is 12.3. The molecule has 1 aliphatic heterocycles. The van der Waals surface area contributed by atoms with Gasteiger partial charge in [-0.05, 0) is 6.92 Å². The zero-order chi connectivity index (χ0) is 15.1. The van der Waals surface area contributed by atoms with Crippen LogP contribution in [-0.2, 0) is 6.54 Å². The molecule has 0 fully saturated rings. The minimum absolute atomic E-state index is 0.137. The van der Waals surface area contributed by atoms with Gasteiger partial charge in [-0.25, -0.2) is 9.37 Å². The maximum Gasteiger partial charge on any atom is 0.227 e. The number of nitrogen functional groups attached to an aromatic ring is 1. The monoisotopic (exact) mass is 291 g/mol. The molecule has 112 valence electrons. The maximum absolute atomic E-state index is 13.2. The first-order chi connectivity index (χ1) is 9.97. The summed E-state index contributed by atoms with van der Waals surface area (Å²) in [6, 6.07) is 0.191. The van der Waals surface area contributed by atoms with Gasteiger partial charge in [-0.1, -0.05) is 13.8 Å². The number of nitrogens with two attached hydrogens (primary N) is 1. The molecule has 0 aliphatic carbocycles. The van der Waals surface area contributed by atoms with Crippen molar-refractivity contribution in [2.45, 2.75) is 39.3 Å². The Labute approximate surface area is 122 Å². The van der Waals surface area contributed by atoms with Crippen molar-refractivity contribution in [2.75, 3.05) is 17.2 Å². The molecule has 0 spiro atoms. The van der Waals surface area contributed by atoms with Crippen LogP contribution in [0.1, 0.15) is 44.4 Å². The molecule has 2 N–H and O–H groups in total. The van der Waals surface area contributed by atoms with Crippen molar-refractivity contribution in [2.24, 2.45) is 0 Å². The van der Waals surface area contributed by atoms with Gasteiger partial charge >= 0.3 is 0 Å². The van der Waals surface area contributed by atoms with Crippen molar-refractivity contribution in [3.63, 3.8) is 0 Å². The summed E-state index contributed by atoms with van der Waals surface area (Å²) in [5.41, 5.74) is 5.51. The van der Waals surface area contributed by atoms with E-state index in [1.807, 2.05) is 4.90 Å². The molecule has 2 aromatic rings. The number of fused-ring (bicyclic) bond motifs is 1. The lowest BCUT2D eigenvalue weighted by molar-refractivity contribution is 0.438.